The van der Waals surface area contributed by atoms with Gasteiger partial charge in [-0.25, -0.2) is 0 Å². The van der Waals surface area contributed by atoms with E-state index in [-0.39, 0.29) is 23.5 Å². The van der Waals surface area contributed by atoms with Gasteiger partial charge in [-0.2, -0.15) is 0 Å². The highest BCUT2D eigenvalue weighted by atomic mass is 16.5. The summed E-state index contributed by atoms with van der Waals surface area (Å²) in [6.45, 7) is 3.92. The van der Waals surface area contributed by atoms with Crippen LogP contribution in [-0.4, -0.2) is 41.0 Å². The molecule has 2 aromatic rings. The van der Waals surface area contributed by atoms with Gasteiger partial charge in [0.25, 0.3) is 0 Å². The van der Waals surface area contributed by atoms with E-state index in [0.717, 1.165) is 18.4 Å². The van der Waals surface area contributed by atoms with Gasteiger partial charge >= 0.3 is 5.97 Å². The summed E-state index contributed by atoms with van der Waals surface area (Å²) in [6.07, 6.45) is 1.29. The molecule has 0 saturated carbocycles. The molecule has 4 N–H and O–H groups in total. The van der Waals surface area contributed by atoms with Crippen LogP contribution in [0.25, 0.3) is 0 Å². The predicted molar refractivity (Wildman–Crippen MR) is 105 cm³/mol. The van der Waals surface area contributed by atoms with E-state index >= 15 is 0 Å². The Hall–Kier alpha value is -2.57. The van der Waals surface area contributed by atoms with E-state index < -0.39 is 6.10 Å². The Morgan fingerprint density at radius 2 is 1.52 bits per heavy atom. The zero-order valence-corrected chi connectivity index (χ0v) is 16.1. The van der Waals surface area contributed by atoms with E-state index in [1.165, 1.54) is 19.6 Å². The third kappa shape index (κ3) is 9.63. The molecule has 0 spiro atoms. The van der Waals surface area contributed by atoms with Crippen LogP contribution in [0.5, 0.6) is 11.5 Å². The lowest BCUT2D eigenvalue weighted by molar-refractivity contribution is -0.137. The molecule has 0 aliphatic carbocycles. The molecule has 0 fully saturated rings. The molecule has 0 bridgehead atoms. The number of carbonyl (C=O) groups excluding carboxylic acids is 1. The molecular weight excluding hydrogens is 346 g/mol. The molecule has 27 heavy (non-hydrogen) atoms. The Balaban J connectivity index is 0.000000646. The maximum Gasteiger partial charge on any atom is 0.302 e. The first-order valence-corrected chi connectivity index (χ1v) is 8.84. The molecule has 2 unspecified atom stereocenters. The number of methoxy groups -OCH3 is 1. The Morgan fingerprint density at radius 3 is 2.00 bits per heavy atom. The largest absolute Gasteiger partial charge is 0.508 e. The molecule has 2 atom stereocenters. The third-order valence-corrected chi connectivity index (χ3v) is 4.03. The Morgan fingerprint density at radius 1 is 1.04 bits per heavy atom. The van der Waals surface area contributed by atoms with Gasteiger partial charge in [-0.05, 0) is 55.2 Å². The van der Waals surface area contributed by atoms with Crippen LogP contribution in [0.1, 0.15) is 37.5 Å². The van der Waals surface area contributed by atoms with E-state index in [4.69, 9.17) is 0 Å². The molecule has 0 aromatic heterocycles. The molecule has 6 nitrogen and oxygen atoms in total. The monoisotopic (exact) mass is 375 g/mol. The van der Waals surface area contributed by atoms with Crippen molar-refractivity contribution in [3.63, 3.8) is 0 Å². The number of esters is 1. The number of rotatable bonds is 7. The highest BCUT2D eigenvalue weighted by Gasteiger charge is 2.09. The number of aromatic hydroxyl groups is 2. The second kappa shape index (κ2) is 11.9. The van der Waals surface area contributed by atoms with Crippen LogP contribution in [0.15, 0.2) is 48.5 Å². The highest BCUT2D eigenvalue weighted by Crippen LogP contribution is 2.16. The number of hydrogen-bond acceptors (Lipinski definition) is 6. The van der Waals surface area contributed by atoms with Gasteiger partial charge in [0.05, 0.1) is 13.2 Å². The van der Waals surface area contributed by atoms with Crippen LogP contribution >= 0.6 is 0 Å². The zero-order chi connectivity index (χ0) is 20.2. The molecular formula is C21H29NO5. The molecule has 0 aliphatic heterocycles. The summed E-state index contributed by atoms with van der Waals surface area (Å²) in [6, 6.07) is 14.1. The minimum atomic E-state index is -0.586. The van der Waals surface area contributed by atoms with Crippen molar-refractivity contribution in [2.24, 2.45) is 0 Å². The molecule has 2 aromatic carbocycles. The minimum Gasteiger partial charge on any atom is -0.508 e. The number of aliphatic hydroxyl groups is 1. The van der Waals surface area contributed by atoms with Crippen molar-refractivity contribution < 1.29 is 24.9 Å². The summed E-state index contributed by atoms with van der Waals surface area (Å²) in [5, 5.41) is 31.9. The number of carbonyl (C=O) groups is 1. The van der Waals surface area contributed by atoms with E-state index in [9.17, 15) is 20.1 Å². The quantitative estimate of drug-likeness (QED) is 0.556. The van der Waals surface area contributed by atoms with E-state index in [0.29, 0.717) is 6.54 Å². The second-order valence-corrected chi connectivity index (χ2v) is 6.32. The van der Waals surface area contributed by atoms with E-state index in [2.05, 4.69) is 17.0 Å². The van der Waals surface area contributed by atoms with Crippen LogP contribution in [0.4, 0.5) is 0 Å². The first-order valence-electron chi connectivity index (χ1n) is 8.84. The molecule has 0 heterocycles. The number of hydrogen-bond donors (Lipinski definition) is 4. The average Bonchev–Trinajstić information content (AvgIpc) is 2.66. The summed E-state index contributed by atoms with van der Waals surface area (Å²) in [5.41, 5.74) is 1.97. The molecule has 0 saturated heterocycles. The van der Waals surface area contributed by atoms with Crippen LogP contribution in [0, 0.1) is 0 Å². The summed E-state index contributed by atoms with van der Waals surface area (Å²) < 4.78 is 4.11. The molecule has 0 radical (unpaired) electrons. The SMILES string of the molecule is CC(CCc1ccc(O)cc1)NCC(O)c1ccc(O)cc1.COC(C)=O. The number of ether oxygens (including phenoxy) is 1. The fourth-order valence-corrected chi connectivity index (χ4v) is 2.27. The lowest BCUT2D eigenvalue weighted by Crippen LogP contribution is -2.30. The Kier molecular flexibility index (Phi) is 9.93. The smallest absolute Gasteiger partial charge is 0.302 e. The van der Waals surface area contributed by atoms with Crippen LogP contribution in [0.3, 0.4) is 0 Å². The summed E-state index contributed by atoms with van der Waals surface area (Å²) in [7, 11) is 1.35. The minimum absolute atomic E-state index is 0.200. The van der Waals surface area contributed by atoms with Gasteiger partial charge in [-0.15, -0.1) is 0 Å². The van der Waals surface area contributed by atoms with Crippen molar-refractivity contribution >= 4 is 5.97 Å². The van der Waals surface area contributed by atoms with Crippen molar-refractivity contribution in [2.45, 2.75) is 38.8 Å². The van der Waals surface area contributed by atoms with Crippen molar-refractivity contribution in [1.29, 1.82) is 0 Å². The number of aryl methyl sites for hydroxylation is 1. The molecule has 148 valence electrons. The van der Waals surface area contributed by atoms with Gasteiger partial charge < -0.3 is 25.4 Å². The van der Waals surface area contributed by atoms with Gasteiger partial charge in [-0.3, -0.25) is 4.79 Å². The molecule has 2 rings (SSSR count). The molecule has 6 heteroatoms. The maximum absolute atomic E-state index is 10.1. The van der Waals surface area contributed by atoms with Gasteiger partial charge in [0.2, 0.25) is 0 Å². The summed E-state index contributed by atoms with van der Waals surface area (Å²) in [4.78, 5) is 9.59. The predicted octanol–water partition coefficient (Wildman–Crippen LogP) is 2.92. The van der Waals surface area contributed by atoms with Crippen LogP contribution < -0.4 is 5.32 Å². The summed E-state index contributed by atoms with van der Waals surface area (Å²) in [5.74, 6) is 0.239. The second-order valence-electron chi connectivity index (χ2n) is 6.32. The van der Waals surface area contributed by atoms with E-state index in [1.54, 1.807) is 36.4 Å². The number of phenols is 2. The van der Waals surface area contributed by atoms with Gasteiger partial charge in [0.15, 0.2) is 0 Å². The number of aliphatic hydroxyl groups excluding tert-OH is 1. The van der Waals surface area contributed by atoms with E-state index in [1.807, 2.05) is 12.1 Å². The fraction of sp³-hybridized carbons (Fsp3) is 0.381. The highest BCUT2D eigenvalue weighted by molar-refractivity contribution is 5.65. The van der Waals surface area contributed by atoms with Gasteiger partial charge in [0, 0.05) is 19.5 Å². The standard InChI is InChI=1S/C18H23NO3.C3H6O2/c1-13(2-3-14-4-8-16(20)9-5-14)19-12-18(22)15-6-10-17(21)11-7-15;1-3(4)5-2/h4-11,13,18-22H,2-3,12H2,1H3;1-2H3. The first kappa shape index (κ1) is 22.5. The molecule has 0 amide bonds. The van der Waals surface area contributed by atoms with Crippen LogP contribution in [-0.2, 0) is 16.0 Å². The normalized spacial score (nSPS) is 12.4. The Bertz CT molecular complexity index is 670. The lowest BCUT2D eigenvalue weighted by atomic mass is 10.1. The van der Waals surface area contributed by atoms with Crippen LogP contribution in [0.2, 0.25) is 0 Å². The van der Waals surface area contributed by atoms with Gasteiger partial charge in [-0.1, -0.05) is 24.3 Å². The first-order chi connectivity index (χ1) is 12.8. The van der Waals surface area contributed by atoms with Crippen molar-refractivity contribution in [2.75, 3.05) is 13.7 Å². The zero-order valence-electron chi connectivity index (χ0n) is 16.1. The van der Waals surface area contributed by atoms with Gasteiger partial charge in [0.1, 0.15) is 11.5 Å². The summed E-state index contributed by atoms with van der Waals surface area (Å²) >= 11 is 0. The number of phenolic OH excluding ortho intramolecular Hbond substituents is 2. The van der Waals surface area contributed by atoms with Crippen molar-refractivity contribution in [1.82, 2.24) is 5.32 Å². The number of benzene rings is 2. The fourth-order valence-electron chi connectivity index (χ4n) is 2.27. The third-order valence-electron chi connectivity index (χ3n) is 4.03. The topological polar surface area (TPSA) is 99.0 Å². The average molecular weight is 375 g/mol. The number of nitrogens with one attached hydrogen (secondary N) is 1. The lowest BCUT2D eigenvalue weighted by Gasteiger charge is -2.17. The van der Waals surface area contributed by atoms with Crippen molar-refractivity contribution in [3.05, 3.63) is 59.7 Å². The maximum atomic E-state index is 10.1. The Labute approximate surface area is 160 Å². The van der Waals surface area contributed by atoms with Crippen molar-refractivity contribution in [3.8, 4) is 11.5 Å². The molecule has 0 aliphatic rings.